The summed E-state index contributed by atoms with van der Waals surface area (Å²) >= 11 is 0. The fraction of sp³-hybridized carbons (Fsp3) is 0.182. The molecule has 6 nitrogen and oxygen atoms in total. The Hall–Kier alpha value is -2.37. The van der Waals surface area contributed by atoms with Gasteiger partial charge in [0.05, 0.1) is 12.8 Å². The first-order chi connectivity index (χ1) is 8.15. The number of aliphatic carboxylic acids is 1. The number of aliphatic imine (C=N–C) groups is 2. The molecule has 3 N–H and O–H groups in total. The highest BCUT2D eigenvalue weighted by Crippen LogP contribution is 2.14. The minimum absolute atomic E-state index is 0.143. The van der Waals surface area contributed by atoms with Crippen molar-refractivity contribution in [1.82, 2.24) is 0 Å². The van der Waals surface area contributed by atoms with Crippen molar-refractivity contribution in [2.75, 3.05) is 12.3 Å². The highest BCUT2D eigenvalue weighted by molar-refractivity contribution is 6.27. The third-order valence-electron chi connectivity index (χ3n) is 2.15. The standard InChI is InChI=1S/C11H11N3O3/c12-7-1-3-8(4-2-7)17-10-6-13-5-9(14-10)11(15)16/h1-4,6,9H,5,12H2,(H,15,16). The van der Waals surface area contributed by atoms with Crippen LogP contribution in [0.25, 0.3) is 0 Å². The minimum atomic E-state index is -1.01. The van der Waals surface area contributed by atoms with Crippen molar-refractivity contribution in [2.24, 2.45) is 9.98 Å². The van der Waals surface area contributed by atoms with Crippen LogP contribution in [0.5, 0.6) is 5.75 Å². The molecule has 1 unspecified atom stereocenters. The van der Waals surface area contributed by atoms with E-state index in [1.165, 1.54) is 6.21 Å². The van der Waals surface area contributed by atoms with Crippen LogP contribution in [0.2, 0.25) is 0 Å². The molecule has 0 spiro atoms. The zero-order valence-corrected chi connectivity index (χ0v) is 8.91. The first kappa shape index (κ1) is 11.1. The maximum atomic E-state index is 10.7. The Labute approximate surface area is 97.5 Å². The monoisotopic (exact) mass is 233 g/mol. The highest BCUT2D eigenvalue weighted by Gasteiger charge is 2.19. The van der Waals surface area contributed by atoms with Gasteiger partial charge in [-0.1, -0.05) is 0 Å². The fourth-order valence-electron chi connectivity index (χ4n) is 1.30. The molecule has 0 aromatic heterocycles. The lowest BCUT2D eigenvalue weighted by molar-refractivity contribution is -0.138. The molecule has 88 valence electrons. The number of benzene rings is 1. The van der Waals surface area contributed by atoms with Crippen molar-refractivity contribution in [1.29, 1.82) is 0 Å². The van der Waals surface area contributed by atoms with Gasteiger partial charge < -0.3 is 15.6 Å². The van der Waals surface area contributed by atoms with Crippen molar-refractivity contribution in [3.05, 3.63) is 24.3 Å². The van der Waals surface area contributed by atoms with Crippen molar-refractivity contribution in [3.63, 3.8) is 0 Å². The average molecular weight is 233 g/mol. The predicted molar refractivity (Wildman–Crippen MR) is 63.7 cm³/mol. The molecule has 17 heavy (non-hydrogen) atoms. The second-order valence-electron chi connectivity index (χ2n) is 3.49. The number of nitrogens with two attached hydrogens (primary N) is 1. The van der Waals surface area contributed by atoms with Crippen LogP contribution in [0.1, 0.15) is 0 Å². The Morgan fingerprint density at radius 3 is 2.76 bits per heavy atom. The van der Waals surface area contributed by atoms with Crippen molar-refractivity contribution in [2.45, 2.75) is 6.04 Å². The van der Waals surface area contributed by atoms with E-state index in [1.54, 1.807) is 24.3 Å². The molecule has 1 aromatic rings. The normalized spacial score (nSPS) is 18.6. The molecule has 1 aliphatic rings. The first-order valence-electron chi connectivity index (χ1n) is 4.99. The number of nitrogen functional groups attached to an aromatic ring is 1. The Balaban J connectivity index is 2.10. The van der Waals surface area contributed by atoms with Gasteiger partial charge in [-0.15, -0.1) is 0 Å². The summed E-state index contributed by atoms with van der Waals surface area (Å²) in [4.78, 5) is 18.5. The van der Waals surface area contributed by atoms with Gasteiger partial charge in [0.1, 0.15) is 5.75 Å². The molecule has 0 saturated carbocycles. The number of hydrogen-bond acceptors (Lipinski definition) is 5. The lowest BCUT2D eigenvalue weighted by Gasteiger charge is -2.12. The van der Waals surface area contributed by atoms with Crippen LogP contribution in [0.15, 0.2) is 34.3 Å². The van der Waals surface area contributed by atoms with E-state index < -0.39 is 12.0 Å². The lowest BCUT2D eigenvalue weighted by atomic mass is 10.3. The Morgan fingerprint density at radius 1 is 1.41 bits per heavy atom. The van der Waals surface area contributed by atoms with E-state index in [0.29, 0.717) is 11.4 Å². The van der Waals surface area contributed by atoms with Crippen molar-refractivity contribution in [3.8, 4) is 5.75 Å². The van der Waals surface area contributed by atoms with Gasteiger partial charge in [-0.3, -0.25) is 4.99 Å². The van der Waals surface area contributed by atoms with E-state index in [4.69, 9.17) is 15.6 Å². The van der Waals surface area contributed by atoms with Gasteiger partial charge in [-0.2, -0.15) is 0 Å². The van der Waals surface area contributed by atoms with Gasteiger partial charge in [0.15, 0.2) is 6.04 Å². The maximum Gasteiger partial charge on any atom is 0.330 e. The summed E-state index contributed by atoms with van der Waals surface area (Å²) in [6.45, 7) is 0.143. The first-order valence-corrected chi connectivity index (χ1v) is 4.99. The third-order valence-corrected chi connectivity index (χ3v) is 2.15. The molecule has 1 heterocycles. The molecule has 0 radical (unpaired) electrons. The van der Waals surface area contributed by atoms with Gasteiger partial charge in [0, 0.05) is 5.69 Å². The van der Waals surface area contributed by atoms with E-state index >= 15 is 0 Å². The smallest absolute Gasteiger partial charge is 0.330 e. The van der Waals surface area contributed by atoms with Crippen LogP contribution in [0.4, 0.5) is 5.69 Å². The summed E-state index contributed by atoms with van der Waals surface area (Å²) in [5, 5.41) is 8.81. The van der Waals surface area contributed by atoms with E-state index in [1.807, 2.05) is 0 Å². The summed E-state index contributed by atoms with van der Waals surface area (Å²) in [6, 6.07) is 5.85. The molecule has 1 aliphatic heterocycles. The zero-order valence-electron chi connectivity index (χ0n) is 8.91. The van der Waals surface area contributed by atoms with Gasteiger partial charge in [0.2, 0.25) is 5.90 Å². The van der Waals surface area contributed by atoms with Crippen molar-refractivity contribution < 1.29 is 14.6 Å². The van der Waals surface area contributed by atoms with E-state index in [2.05, 4.69) is 9.98 Å². The minimum Gasteiger partial charge on any atom is -0.480 e. The van der Waals surface area contributed by atoms with Crippen LogP contribution < -0.4 is 10.5 Å². The summed E-state index contributed by atoms with van der Waals surface area (Å²) < 4.78 is 5.37. The topological polar surface area (TPSA) is 97.3 Å². The molecule has 0 amide bonds. The van der Waals surface area contributed by atoms with Crippen molar-refractivity contribution >= 4 is 23.8 Å². The quantitative estimate of drug-likeness (QED) is 0.730. The second kappa shape index (κ2) is 4.65. The number of nitrogens with zero attached hydrogens (tertiary/aromatic N) is 2. The van der Waals surface area contributed by atoms with Crippen LogP contribution in [-0.4, -0.2) is 35.8 Å². The van der Waals surface area contributed by atoms with Crippen LogP contribution in [-0.2, 0) is 4.79 Å². The Morgan fingerprint density at radius 2 is 2.12 bits per heavy atom. The number of carbonyl (C=O) groups is 1. The molecule has 1 atom stereocenters. The van der Waals surface area contributed by atoms with Gasteiger partial charge in [-0.05, 0) is 24.3 Å². The number of ether oxygens (including phenoxy) is 1. The van der Waals surface area contributed by atoms with E-state index in [-0.39, 0.29) is 12.4 Å². The maximum absolute atomic E-state index is 10.7. The van der Waals surface area contributed by atoms with Crippen LogP contribution in [0, 0.1) is 0 Å². The third kappa shape index (κ3) is 2.81. The number of anilines is 1. The highest BCUT2D eigenvalue weighted by atomic mass is 16.5. The SMILES string of the molecule is Nc1ccc(OC2=NC(C(=O)O)CN=C2)cc1. The Bertz CT molecular complexity index is 479. The summed E-state index contributed by atoms with van der Waals surface area (Å²) in [5.74, 6) is -0.288. The van der Waals surface area contributed by atoms with E-state index in [0.717, 1.165) is 0 Å². The molecular weight excluding hydrogens is 222 g/mol. The number of carboxylic acid groups (broad SMARTS) is 1. The molecule has 0 bridgehead atoms. The lowest BCUT2D eigenvalue weighted by Crippen LogP contribution is -2.29. The summed E-state index contributed by atoms with van der Waals surface area (Å²) in [5.41, 5.74) is 6.16. The molecule has 0 saturated heterocycles. The average Bonchev–Trinajstić information content (AvgIpc) is 2.32. The van der Waals surface area contributed by atoms with E-state index in [9.17, 15) is 4.79 Å². The second-order valence-corrected chi connectivity index (χ2v) is 3.49. The summed E-state index contributed by atoms with van der Waals surface area (Å²) in [6.07, 6.45) is 1.41. The van der Waals surface area contributed by atoms with Gasteiger partial charge in [-0.25, -0.2) is 9.79 Å². The van der Waals surface area contributed by atoms with Gasteiger partial charge in [0.25, 0.3) is 0 Å². The number of hydrogen-bond donors (Lipinski definition) is 2. The molecule has 0 fully saturated rings. The molecule has 2 rings (SSSR count). The molecule has 0 aliphatic carbocycles. The van der Waals surface area contributed by atoms with Gasteiger partial charge >= 0.3 is 5.97 Å². The zero-order chi connectivity index (χ0) is 12.3. The van der Waals surface area contributed by atoms with Crippen LogP contribution in [0.3, 0.4) is 0 Å². The Kier molecular flexibility index (Phi) is 3.04. The van der Waals surface area contributed by atoms with Crippen LogP contribution >= 0.6 is 0 Å². The number of carboxylic acids is 1. The molecule has 6 heteroatoms. The molecular formula is C11H11N3O3. The fourth-order valence-corrected chi connectivity index (χ4v) is 1.30. The predicted octanol–water partition coefficient (Wildman–Crippen LogP) is 0.584. The largest absolute Gasteiger partial charge is 0.480 e. The summed E-state index contributed by atoms with van der Waals surface area (Å²) in [7, 11) is 0. The molecule has 1 aromatic carbocycles. The number of rotatable bonds is 2.